The number of fused-ring (bicyclic) bond motifs is 1. The van der Waals surface area contributed by atoms with Gasteiger partial charge in [-0.2, -0.15) is 0 Å². The second-order valence-corrected chi connectivity index (χ2v) is 7.49. The molecule has 28 heavy (non-hydrogen) atoms. The van der Waals surface area contributed by atoms with Crippen molar-refractivity contribution in [3.63, 3.8) is 0 Å². The number of morpholine rings is 1. The Hall–Kier alpha value is -2.55. The summed E-state index contributed by atoms with van der Waals surface area (Å²) < 4.78 is 5.41. The van der Waals surface area contributed by atoms with Crippen LogP contribution in [-0.4, -0.2) is 46.1 Å². The van der Waals surface area contributed by atoms with E-state index in [1.807, 2.05) is 30.3 Å². The average molecular weight is 396 g/mol. The number of para-hydroxylation sites is 2. The van der Waals surface area contributed by atoms with E-state index in [4.69, 9.17) is 14.7 Å². The van der Waals surface area contributed by atoms with Gasteiger partial charge in [-0.15, -0.1) is 11.8 Å². The molecule has 1 fully saturated rings. The van der Waals surface area contributed by atoms with Gasteiger partial charge in [0.15, 0.2) is 0 Å². The lowest BCUT2D eigenvalue weighted by Crippen LogP contribution is -2.36. The van der Waals surface area contributed by atoms with Crippen LogP contribution in [0.5, 0.6) is 0 Å². The standard InChI is InChI=1S/C20H20N4O3S/c25-24(26)18-8-4-1-5-15(18)14-28-20-16-6-2-3-7-17(16)21-19(22-20)13-23-9-11-27-12-10-23/h1-8H,9-14H2. The SMILES string of the molecule is O=[N+]([O-])c1ccccc1CSc1nc(CN2CCOCC2)nc2ccccc12. The number of hydrogen-bond donors (Lipinski definition) is 0. The number of ether oxygens (including phenoxy) is 1. The molecule has 2 aromatic carbocycles. The number of aromatic nitrogens is 2. The fourth-order valence-corrected chi connectivity index (χ4v) is 4.22. The van der Waals surface area contributed by atoms with Gasteiger partial charge >= 0.3 is 0 Å². The summed E-state index contributed by atoms with van der Waals surface area (Å²) in [5.74, 6) is 1.25. The Morgan fingerprint density at radius 1 is 1.07 bits per heavy atom. The Kier molecular flexibility index (Phi) is 5.80. The molecular weight excluding hydrogens is 376 g/mol. The number of rotatable bonds is 6. The van der Waals surface area contributed by atoms with Crippen molar-refractivity contribution in [2.45, 2.75) is 17.3 Å². The molecule has 0 bridgehead atoms. The minimum Gasteiger partial charge on any atom is -0.379 e. The lowest BCUT2D eigenvalue weighted by Gasteiger charge is -2.25. The number of benzene rings is 2. The highest BCUT2D eigenvalue weighted by atomic mass is 32.2. The predicted octanol–water partition coefficient (Wildman–Crippen LogP) is 3.66. The Balaban J connectivity index is 1.61. The summed E-state index contributed by atoms with van der Waals surface area (Å²) in [7, 11) is 0. The second-order valence-electron chi connectivity index (χ2n) is 6.53. The molecule has 8 heteroatoms. The zero-order chi connectivity index (χ0) is 19.3. The maximum Gasteiger partial charge on any atom is 0.273 e. The van der Waals surface area contributed by atoms with E-state index >= 15 is 0 Å². The van der Waals surface area contributed by atoms with E-state index in [0.29, 0.717) is 17.9 Å². The number of nitro benzene ring substituents is 1. The summed E-state index contributed by atoms with van der Waals surface area (Å²) in [6.45, 7) is 3.87. The topological polar surface area (TPSA) is 81.4 Å². The van der Waals surface area contributed by atoms with Crippen LogP contribution in [0, 0.1) is 10.1 Å². The number of nitro groups is 1. The van der Waals surface area contributed by atoms with Gasteiger partial charge in [-0.3, -0.25) is 15.0 Å². The van der Waals surface area contributed by atoms with E-state index in [2.05, 4.69) is 4.90 Å². The van der Waals surface area contributed by atoms with Crippen LogP contribution in [0.2, 0.25) is 0 Å². The van der Waals surface area contributed by atoms with Crippen LogP contribution in [-0.2, 0) is 17.0 Å². The summed E-state index contributed by atoms with van der Waals surface area (Å²) in [6, 6.07) is 14.7. The van der Waals surface area contributed by atoms with Gasteiger partial charge < -0.3 is 4.74 Å². The van der Waals surface area contributed by atoms with Gasteiger partial charge in [0, 0.05) is 35.9 Å². The number of hydrogen-bond acceptors (Lipinski definition) is 7. The maximum absolute atomic E-state index is 11.3. The van der Waals surface area contributed by atoms with Crippen LogP contribution in [0.3, 0.4) is 0 Å². The van der Waals surface area contributed by atoms with Crippen molar-refractivity contribution >= 4 is 28.4 Å². The highest BCUT2D eigenvalue weighted by molar-refractivity contribution is 7.98. The quantitative estimate of drug-likeness (QED) is 0.272. The van der Waals surface area contributed by atoms with Crippen LogP contribution >= 0.6 is 11.8 Å². The van der Waals surface area contributed by atoms with Crippen molar-refractivity contribution in [3.8, 4) is 0 Å². The van der Waals surface area contributed by atoms with Gasteiger partial charge in [0.1, 0.15) is 10.9 Å². The summed E-state index contributed by atoms with van der Waals surface area (Å²) >= 11 is 1.51. The zero-order valence-corrected chi connectivity index (χ0v) is 16.1. The van der Waals surface area contributed by atoms with E-state index in [1.54, 1.807) is 12.1 Å². The first-order chi connectivity index (χ1) is 13.7. The monoisotopic (exact) mass is 396 g/mol. The molecule has 0 N–H and O–H groups in total. The summed E-state index contributed by atoms with van der Waals surface area (Å²) in [6.07, 6.45) is 0. The molecule has 0 spiro atoms. The van der Waals surface area contributed by atoms with Gasteiger partial charge in [0.2, 0.25) is 0 Å². The second kappa shape index (κ2) is 8.64. The maximum atomic E-state index is 11.3. The lowest BCUT2D eigenvalue weighted by atomic mass is 10.2. The molecule has 4 rings (SSSR count). The van der Waals surface area contributed by atoms with Crippen molar-refractivity contribution in [2.75, 3.05) is 26.3 Å². The molecule has 1 saturated heterocycles. The van der Waals surface area contributed by atoms with Crippen molar-refractivity contribution in [1.82, 2.24) is 14.9 Å². The van der Waals surface area contributed by atoms with Crippen molar-refractivity contribution in [1.29, 1.82) is 0 Å². The van der Waals surface area contributed by atoms with Gasteiger partial charge in [-0.05, 0) is 6.07 Å². The molecule has 3 aromatic rings. The summed E-state index contributed by atoms with van der Waals surface area (Å²) in [5, 5.41) is 13.1. The molecule has 1 aromatic heterocycles. The minimum atomic E-state index is -0.335. The smallest absolute Gasteiger partial charge is 0.273 e. The first-order valence-electron chi connectivity index (χ1n) is 9.11. The zero-order valence-electron chi connectivity index (χ0n) is 15.3. The van der Waals surface area contributed by atoms with Crippen LogP contribution in [0.25, 0.3) is 10.9 Å². The molecule has 0 atom stereocenters. The average Bonchev–Trinajstić information content (AvgIpc) is 2.73. The van der Waals surface area contributed by atoms with Gasteiger partial charge in [0.05, 0.1) is 30.2 Å². The fourth-order valence-electron chi connectivity index (χ4n) is 3.19. The van der Waals surface area contributed by atoms with Crippen molar-refractivity contribution in [2.24, 2.45) is 0 Å². The molecule has 7 nitrogen and oxygen atoms in total. The van der Waals surface area contributed by atoms with Crippen LogP contribution < -0.4 is 0 Å². The van der Waals surface area contributed by atoms with Crippen LogP contribution in [0.15, 0.2) is 53.6 Å². The Morgan fingerprint density at radius 3 is 2.64 bits per heavy atom. The van der Waals surface area contributed by atoms with E-state index in [-0.39, 0.29) is 10.6 Å². The van der Waals surface area contributed by atoms with Gasteiger partial charge in [-0.1, -0.05) is 36.4 Å². The van der Waals surface area contributed by atoms with Crippen molar-refractivity contribution in [3.05, 3.63) is 70.0 Å². The van der Waals surface area contributed by atoms with E-state index in [1.165, 1.54) is 17.8 Å². The highest BCUT2D eigenvalue weighted by Crippen LogP contribution is 2.31. The van der Waals surface area contributed by atoms with Crippen LogP contribution in [0.4, 0.5) is 5.69 Å². The Labute approximate surface area is 166 Å². The first-order valence-corrected chi connectivity index (χ1v) is 10.1. The predicted molar refractivity (Wildman–Crippen MR) is 108 cm³/mol. The van der Waals surface area contributed by atoms with Gasteiger partial charge in [-0.25, -0.2) is 9.97 Å². The third kappa shape index (κ3) is 4.30. The van der Waals surface area contributed by atoms with E-state index in [0.717, 1.165) is 48.1 Å². The molecule has 0 radical (unpaired) electrons. The largest absolute Gasteiger partial charge is 0.379 e. The van der Waals surface area contributed by atoms with Crippen LogP contribution in [0.1, 0.15) is 11.4 Å². The lowest BCUT2D eigenvalue weighted by molar-refractivity contribution is -0.385. The third-order valence-electron chi connectivity index (χ3n) is 4.64. The van der Waals surface area contributed by atoms with E-state index in [9.17, 15) is 10.1 Å². The van der Waals surface area contributed by atoms with Gasteiger partial charge in [0.25, 0.3) is 5.69 Å². The van der Waals surface area contributed by atoms with E-state index < -0.39 is 0 Å². The first kappa shape index (κ1) is 18.8. The highest BCUT2D eigenvalue weighted by Gasteiger charge is 2.16. The Bertz CT molecular complexity index is 992. The summed E-state index contributed by atoms with van der Waals surface area (Å²) in [4.78, 5) is 22.7. The number of thioether (sulfide) groups is 1. The Morgan fingerprint density at radius 2 is 1.82 bits per heavy atom. The molecule has 1 aliphatic heterocycles. The molecular formula is C20H20N4O3S. The molecule has 1 aliphatic rings. The minimum absolute atomic E-state index is 0.141. The van der Waals surface area contributed by atoms with Crippen molar-refractivity contribution < 1.29 is 9.66 Å². The molecule has 2 heterocycles. The molecule has 0 saturated carbocycles. The number of nitrogens with zero attached hydrogens (tertiary/aromatic N) is 4. The fraction of sp³-hybridized carbons (Fsp3) is 0.300. The third-order valence-corrected chi connectivity index (χ3v) is 5.68. The molecule has 0 amide bonds. The molecule has 0 aliphatic carbocycles. The summed E-state index contributed by atoms with van der Waals surface area (Å²) in [5.41, 5.74) is 1.72. The molecule has 0 unspecified atom stereocenters. The molecule has 144 valence electrons. The normalized spacial score (nSPS) is 15.0.